The zero-order valence-corrected chi connectivity index (χ0v) is 15.9. The van der Waals surface area contributed by atoms with E-state index in [1.165, 1.54) is 0 Å². The molecule has 1 aliphatic carbocycles. The number of halogens is 1. The third kappa shape index (κ3) is 3.13. The minimum atomic E-state index is -0.701. The second-order valence-corrected chi connectivity index (χ2v) is 7.66. The number of aliphatic hydroxyl groups is 1. The number of hydrogen-bond acceptors (Lipinski definition) is 3. The number of hydrogen-bond donors (Lipinski definition) is 2. The van der Waals surface area contributed by atoms with E-state index < -0.39 is 5.54 Å². The fraction of sp³-hybridized carbons (Fsp3) is 0.318. The van der Waals surface area contributed by atoms with E-state index in [9.17, 15) is 9.90 Å². The molecule has 1 heterocycles. The molecule has 4 rings (SSSR count). The summed E-state index contributed by atoms with van der Waals surface area (Å²) >= 11 is 6.42. The van der Waals surface area contributed by atoms with Crippen LogP contribution >= 0.6 is 11.6 Å². The van der Waals surface area contributed by atoms with Crippen LogP contribution in [0.5, 0.6) is 0 Å². The molecule has 0 unspecified atom stereocenters. The molecule has 1 aliphatic heterocycles. The summed E-state index contributed by atoms with van der Waals surface area (Å²) in [6.45, 7) is 0. The Hall–Kier alpha value is -2.30. The van der Waals surface area contributed by atoms with Crippen molar-refractivity contribution in [3.05, 3.63) is 64.9 Å². The van der Waals surface area contributed by atoms with Crippen LogP contribution in [0.4, 0.5) is 0 Å². The molecule has 5 heteroatoms. The largest absolute Gasteiger partial charge is 0.509 e. The Labute approximate surface area is 163 Å². The monoisotopic (exact) mass is 383 g/mol. The van der Waals surface area contributed by atoms with Crippen LogP contribution < -0.4 is 5.32 Å². The minimum absolute atomic E-state index is 0.106. The van der Waals surface area contributed by atoms with Crippen molar-refractivity contribution in [2.45, 2.75) is 37.3 Å². The van der Waals surface area contributed by atoms with Gasteiger partial charge in [0.2, 0.25) is 0 Å². The molecular weight excluding hydrogens is 362 g/mol. The minimum Gasteiger partial charge on any atom is -0.509 e. The predicted molar refractivity (Wildman–Crippen MR) is 107 cm³/mol. The zero-order chi connectivity index (χ0) is 19.0. The van der Waals surface area contributed by atoms with E-state index in [0.29, 0.717) is 23.4 Å². The molecule has 27 heavy (non-hydrogen) atoms. The van der Waals surface area contributed by atoms with Crippen LogP contribution in [0.1, 0.15) is 31.2 Å². The van der Waals surface area contributed by atoms with Gasteiger partial charge in [0.15, 0.2) is 0 Å². The van der Waals surface area contributed by atoms with Crippen molar-refractivity contribution in [1.29, 1.82) is 0 Å². The van der Waals surface area contributed by atoms with Gasteiger partial charge in [0, 0.05) is 17.7 Å². The molecule has 4 nitrogen and oxygen atoms in total. The molecule has 2 aliphatic rings. The van der Waals surface area contributed by atoms with Gasteiger partial charge in [-0.15, -0.1) is 0 Å². The molecule has 2 N–H and O–H groups in total. The lowest BCUT2D eigenvalue weighted by molar-refractivity contribution is -0.116. The highest BCUT2D eigenvalue weighted by atomic mass is 35.5. The summed E-state index contributed by atoms with van der Waals surface area (Å²) in [7, 11) is 1.70. The third-order valence-corrected chi connectivity index (χ3v) is 6.06. The molecule has 0 radical (unpaired) electrons. The smallest absolute Gasteiger partial charge is 0.256 e. The van der Waals surface area contributed by atoms with Crippen LogP contribution in [-0.4, -0.2) is 29.8 Å². The van der Waals surface area contributed by atoms with E-state index in [0.717, 1.165) is 24.0 Å². The van der Waals surface area contributed by atoms with Crippen LogP contribution in [0.2, 0.25) is 5.02 Å². The van der Waals surface area contributed by atoms with Gasteiger partial charge in [0.25, 0.3) is 5.91 Å². The van der Waals surface area contributed by atoms with Crippen molar-refractivity contribution >= 4 is 23.1 Å². The first-order valence-electron chi connectivity index (χ1n) is 9.18. The van der Waals surface area contributed by atoms with Gasteiger partial charge >= 0.3 is 0 Å². The molecule has 1 saturated carbocycles. The van der Waals surface area contributed by atoms with Crippen LogP contribution in [0.15, 0.2) is 54.3 Å². The van der Waals surface area contributed by atoms with Crippen LogP contribution in [0, 0.1) is 0 Å². The van der Waals surface area contributed by atoms with Crippen molar-refractivity contribution in [1.82, 2.24) is 5.32 Å². The third-order valence-electron chi connectivity index (χ3n) is 5.73. The lowest BCUT2D eigenvalue weighted by Crippen LogP contribution is -2.48. The van der Waals surface area contributed by atoms with E-state index in [1.807, 2.05) is 42.5 Å². The van der Waals surface area contributed by atoms with Gasteiger partial charge in [-0.3, -0.25) is 4.79 Å². The summed E-state index contributed by atoms with van der Waals surface area (Å²) < 4.78 is 5.42. The van der Waals surface area contributed by atoms with Gasteiger partial charge < -0.3 is 15.2 Å². The molecule has 0 atom stereocenters. The Balaban J connectivity index is 1.75. The van der Waals surface area contributed by atoms with Gasteiger partial charge in [0.1, 0.15) is 5.76 Å². The van der Waals surface area contributed by atoms with Crippen LogP contribution in [-0.2, 0) is 9.53 Å². The van der Waals surface area contributed by atoms with Gasteiger partial charge in [-0.2, -0.15) is 0 Å². The van der Waals surface area contributed by atoms with E-state index >= 15 is 0 Å². The van der Waals surface area contributed by atoms with Gasteiger partial charge in [-0.25, -0.2) is 0 Å². The maximum atomic E-state index is 12.8. The fourth-order valence-corrected chi connectivity index (χ4v) is 4.36. The number of amides is 1. The summed E-state index contributed by atoms with van der Waals surface area (Å²) in [6, 6.07) is 15.5. The SMILES string of the molecule is COC1CCC2(CC1)NC(=O)C(c1cc(-c3ccccc3)ccc1Cl)=C2O. The molecule has 0 saturated heterocycles. The number of carbonyl (C=O) groups excluding carboxylic acids is 1. The summed E-state index contributed by atoms with van der Waals surface area (Å²) in [4.78, 5) is 12.8. The molecule has 2 aromatic carbocycles. The van der Waals surface area contributed by atoms with E-state index in [1.54, 1.807) is 13.2 Å². The van der Waals surface area contributed by atoms with Crippen molar-refractivity contribution in [3.63, 3.8) is 0 Å². The number of benzene rings is 2. The maximum absolute atomic E-state index is 12.8. The Morgan fingerprint density at radius 2 is 1.81 bits per heavy atom. The number of aliphatic hydroxyl groups excluding tert-OH is 1. The zero-order valence-electron chi connectivity index (χ0n) is 15.2. The summed E-state index contributed by atoms with van der Waals surface area (Å²) in [5.74, 6) is -0.162. The number of methoxy groups -OCH3 is 1. The van der Waals surface area contributed by atoms with Gasteiger partial charge in [-0.1, -0.05) is 48.0 Å². The molecule has 2 aromatic rings. The molecular formula is C22H22ClNO3. The normalized spacial score (nSPS) is 25.1. The first-order chi connectivity index (χ1) is 13.0. The second kappa shape index (κ2) is 7.02. The second-order valence-electron chi connectivity index (χ2n) is 7.26. The quantitative estimate of drug-likeness (QED) is 0.805. The standard InChI is InChI=1S/C22H22ClNO3/c1-27-16-9-11-22(12-10-16)20(25)19(21(26)24-22)17-13-15(7-8-18(17)23)14-5-3-2-4-6-14/h2-8,13,16,25H,9-12H2,1H3,(H,24,26). The van der Waals surface area contributed by atoms with Crippen molar-refractivity contribution in [2.24, 2.45) is 0 Å². The summed E-state index contributed by atoms with van der Waals surface area (Å²) in [5.41, 5.74) is 2.14. The lowest BCUT2D eigenvalue weighted by atomic mass is 9.79. The van der Waals surface area contributed by atoms with Crippen molar-refractivity contribution in [3.8, 4) is 11.1 Å². The van der Waals surface area contributed by atoms with Gasteiger partial charge in [-0.05, 0) is 48.9 Å². The van der Waals surface area contributed by atoms with Crippen molar-refractivity contribution in [2.75, 3.05) is 7.11 Å². The predicted octanol–water partition coefficient (Wildman–Crippen LogP) is 4.73. The fourth-order valence-electron chi connectivity index (χ4n) is 4.14. The number of carbonyl (C=O) groups is 1. The molecule has 140 valence electrons. The first kappa shape index (κ1) is 18.1. The van der Waals surface area contributed by atoms with E-state index in [4.69, 9.17) is 16.3 Å². The lowest BCUT2D eigenvalue weighted by Gasteiger charge is -2.36. The van der Waals surface area contributed by atoms with Crippen molar-refractivity contribution < 1.29 is 14.6 Å². The van der Waals surface area contributed by atoms with Gasteiger partial charge in [0.05, 0.1) is 17.2 Å². The topological polar surface area (TPSA) is 58.6 Å². The molecule has 1 spiro atoms. The van der Waals surface area contributed by atoms with Crippen LogP contribution in [0.25, 0.3) is 16.7 Å². The Bertz CT molecular complexity index is 899. The number of nitrogens with one attached hydrogen (secondary N) is 1. The number of ether oxygens (including phenoxy) is 1. The Morgan fingerprint density at radius 3 is 2.48 bits per heavy atom. The van der Waals surface area contributed by atoms with E-state index in [2.05, 4.69) is 5.32 Å². The molecule has 0 bridgehead atoms. The Kier molecular flexibility index (Phi) is 4.70. The molecule has 1 fully saturated rings. The maximum Gasteiger partial charge on any atom is 0.256 e. The average Bonchev–Trinajstić information content (AvgIpc) is 2.93. The van der Waals surface area contributed by atoms with E-state index in [-0.39, 0.29) is 23.3 Å². The molecule has 0 aromatic heterocycles. The summed E-state index contributed by atoms with van der Waals surface area (Å²) in [6.07, 6.45) is 3.08. The van der Waals surface area contributed by atoms with Crippen LogP contribution in [0.3, 0.4) is 0 Å². The highest BCUT2D eigenvalue weighted by molar-refractivity contribution is 6.35. The number of rotatable bonds is 3. The highest BCUT2D eigenvalue weighted by Gasteiger charge is 2.48. The Morgan fingerprint density at radius 1 is 1.11 bits per heavy atom. The highest BCUT2D eigenvalue weighted by Crippen LogP contribution is 2.43. The average molecular weight is 384 g/mol. The molecule has 1 amide bonds. The first-order valence-corrected chi connectivity index (χ1v) is 9.56. The summed E-state index contributed by atoms with van der Waals surface area (Å²) in [5, 5.41) is 14.5.